The van der Waals surface area contributed by atoms with Gasteiger partial charge in [0, 0.05) is 18.0 Å². The summed E-state index contributed by atoms with van der Waals surface area (Å²) in [6.45, 7) is 7.31. The van der Waals surface area contributed by atoms with Crippen LogP contribution in [0.2, 0.25) is 0 Å². The second-order valence-corrected chi connectivity index (χ2v) is 7.45. The highest BCUT2D eigenvalue weighted by Crippen LogP contribution is 2.33. The zero-order chi connectivity index (χ0) is 17.3. The molecule has 1 aliphatic heterocycles. The van der Waals surface area contributed by atoms with E-state index in [4.69, 9.17) is 0 Å². The third-order valence-corrected chi connectivity index (χ3v) is 4.23. The van der Waals surface area contributed by atoms with E-state index >= 15 is 0 Å². The van der Waals surface area contributed by atoms with E-state index in [1.165, 1.54) is 17.2 Å². The van der Waals surface area contributed by atoms with Crippen molar-refractivity contribution in [1.29, 1.82) is 0 Å². The molecule has 0 fully saturated rings. The molecular weight excluding hydrogens is 284 g/mol. The van der Waals surface area contributed by atoms with Crippen LogP contribution in [0, 0.1) is 5.41 Å². The summed E-state index contributed by atoms with van der Waals surface area (Å²) in [7, 11) is 3.40. The summed E-state index contributed by atoms with van der Waals surface area (Å²) in [5.74, 6) is -1.53. The summed E-state index contributed by atoms with van der Waals surface area (Å²) < 4.78 is -0.0423. The van der Waals surface area contributed by atoms with E-state index in [0.717, 1.165) is 0 Å². The molecule has 0 saturated carbocycles. The lowest BCUT2D eigenvalue weighted by Gasteiger charge is -2.51. The molecule has 1 unspecified atom stereocenters. The van der Waals surface area contributed by atoms with Gasteiger partial charge in [-0.25, -0.2) is 0 Å². The number of hydrogen-bond donors (Lipinski definition) is 0. The Kier molecular flexibility index (Phi) is 4.87. The third kappa shape index (κ3) is 3.21. The molecule has 0 aliphatic carbocycles. The number of likely N-dealkylation sites (N-methyl/N-ethyl adjacent to an activating group) is 1. The predicted molar refractivity (Wildman–Crippen MR) is 80.1 cm³/mol. The number of carbonyl (C=O) groups excluding carboxylic acids is 3. The molecule has 1 heterocycles. The molecule has 0 N–H and O–H groups in total. The highest BCUT2D eigenvalue weighted by atomic mass is 16.4. The molecule has 0 aromatic heterocycles. The van der Waals surface area contributed by atoms with Crippen molar-refractivity contribution in [1.82, 2.24) is 4.90 Å². The van der Waals surface area contributed by atoms with Gasteiger partial charge in [0.2, 0.25) is 5.91 Å². The van der Waals surface area contributed by atoms with E-state index in [1.807, 2.05) is 20.8 Å². The van der Waals surface area contributed by atoms with Gasteiger partial charge in [-0.1, -0.05) is 27.7 Å². The van der Waals surface area contributed by atoms with E-state index in [1.54, 1.807) is 21.0 Å². The Bertz CT molecular complexity index is 517. The number of quaternary nitrogens is 1. The Hall–Kier alpha value is -1.69. The van der Waals surface area contributed by atoms with Crippen LogP contribution in [0.25, 0.3) is 0 Å². The van der Waals surface area contributed by atoms with Crippen LogP contribution in [0.1, 0.15) is 40.5 Å². The number of rotatable bonds is 4. The highest BCUT2D eigenvalue weighted by molar-refractivity contribution is 5.89. The van der Waals surface area contributed by atoms with Crippen LogP contribution < -0.4 is 5.11 Å². The molecule has 1 atom stereocenters. The molecule has 1 rings (SSSR count). The molecule has 1 aliphatic rings. The minimum atomic E-state index is -1.44. The number of amides is 1. The first-order chi connectivity index (χ1) is 9.87. The first kappa shape index (κ1) is 18.4. The second kappa shape index (κ2) is 5.83. The van der Waals surface area contributed by atoms with Crippen molar-refractivity contribution >= 4 is 17.7 Å². The van der Waals surface area contributed by atoms with E-state index in [2.05, 4.69) is 0 Å². The summed E-state index contributed by atoms with van der Waals surface area (Å²) in [5, 5.41) is 11.8. The monoisotopic (exact) mass is 310 g/mol. The number of Topliss-reactive ketones (excluding diaryl/α,β-unsaturated/α-hetero) is 1. The number of nitrogens with zero attached hydrogens (tertiary/aromatic N) is 2. The number of carboxylic acids is 1. The molecule has 0 saturated heterocycles. The van der Waals surface area contributed by atoms with Crippen LogP contribution in [0.15, 0.2) is 12.3 Å². The van der Waals surface area contributed by atoms with Gasteiger partial charge in [0.1, 0.15) is 11.8 Å². The van der Waals surface area contributed by atoms with Crippen molar-refractivity contribution < 1.29 is 24.0 Å². The molecule has 124 valence electrons. The van der Waals surface area contributed by atoms with Crippen LogP contribution in [-0.4, -0.2) is 53.3 Å². The van der Waals surface area contributed by atoms with Gasteiger partial charge in [-0.3, -0.25) is 19.0 Å². The maximum atomic E-state index is 12.4. The van der Waals surface area contributed by atoms with Crippen LogP contribution in [0.3, 0.4) is 0 Å². The number of hydrogen-bond acceptors (Lipinski definition) is 4. The minimum Gasteiger partial charge on any atom is -0.543 e. The quantitative estimate of drug-likeness (QED) is 0.699. The van der Waals surface area contributed by atoms with E-state index in [9.17, 15) is 19.5 Å². The fourth-order valence-corrected chi connectivity index (χ4v) is 2.62. The second-order valence-electron chi connectivity index (χ2n) is 7.45. The van der Waals surface area contributed by atoms with Gasteiger partial charge in [0.15, 0.2) is 12.2 Å². The minimum absolute atomic E-state index is 0.0423. The summed E-state index contributed by atoms with van der Waals surface area (Å²) in [6, 6.07) is 0. The lowest BCUT2D eigenvalue weighted by atomic mass is 9.86. The summed E-state index contributed by atoms with van der Waals surface area (Å²) >= 11 is 0. The van der Waals surface area contributed by atoms with Gasteiger partial charge in [0.05, 0.1) is 20.5 Å². The Morgan fingerprint density at radius 1 is 1.27 bits per heavy atom. The molecule has 0 aromatic rings. The average Bonchev–Trinajstić information content (AvgIpc) is 2.38. The molecule has 0 bridgehead atoms. The molecule has 22 heavy (non-hydrogen) atoms. The number of carboxylic acid groups (broad SMARTS) is 1. The van der Waals surface area contributed by atoms with Crippen LogP contribution >= 0.6 is 0 Å². The first-order valence-electron chi connectivity index (χ1n) is 7.44. The normalized spacial score (nSPS) is 24.2. The predicted octanol–water partition coefficient (Wildman–Crippen LogP) is 0.280. The van der Waals surface area contributed by atoms with E-state index in [-0.39, 0.29) is 35.7 Å². The topological polar surface area (TPSA) is 77.5 Å². The van der Waals surface area contributed by atoms with E-state index < -0.39 is 16.9 Å². The Balaban J connectivity index is 3.25. The molecular formula is C16H26N2O4. The number of aliphatic carboxylic acids is 1. The van der Waals surface area contributed by atoms with Crippen LogP contribution in [0.4, 0.5) is 0 Å². The third-order valence-electron chi connectivity index (χ3n) is 4.23. The van der Waals surface area contributed by atoms with Gasteiger partial charge in [-0.2, -0.15) is 0 Å². The van der Waals surface area contributed by atoms with Crippen molar-refractivity contribution in [3.8, 4) is 0 Å². The van der Waals surface area contributed by atoms with Crippen molar-refractivity contribution in [2.24, 2.45) is 5.41 Å². The molecule has 6 nitrogen and oxygen atoms in total. The SMILES string of the molecule is CCC(=O)CC1(C(=O)[O-])C=CN(C(=O)C(C)(C)C)C[N+]1(C)C. The molecule has 0 aromatic carbocycles. The summed E-state index contributed by atoms with van der Waals surface area (Å²) in [6.07, 6.45) is 3.05. The van der Waals surface area contributed by atoms with E-state index in [0.29, 0.717) is 0 Å². The molecule has 1 amide bonds. The highest BCUT2D eigenvalue weighted by Gasteiger charge is 2.50. The fraction of sp³-hybridized carbons (Fsp3) is 0.688. The van der Waals surface area contributed by atoms with Gasteiger partial charge < -0.3 is 9.90 Å². The van der Waals surface area contributed by atoms with Gasteiger partial charge in [-0.15, -0.1) is 0 Å². The Morgan fingerprint density at radius 3 is 2.18 bits per heavy atom. The zero-order valence-electron chi connectivity index (χ0n) is 14.3. The largest absolute Gasteiger partial charge is 0.543 e. The Labute approximate surface area is 132 Å². The maximum Gasteiger partial charge on any atom is 0.236 e. The summed E-state index contributed by atoms with van der Waals surface area (Å²) in [5.41, 5.74) is -2.01. The number of ketones is 1. The first-order valence-corrected chi connectivity index (χ1v) is 7.44. The van der Waals surface area contributed by atoms with Crippen molar-refractivity contribution in [3.63, 3.8) is 0 Å². The van der Waals surface area contributed by atoms with Crippen molar-refractivity contribution in [2.75, 3.05) is 20.8 Å². The Morgan fingerprint density at radius 2 is 1.82 bits per heavy atom. The number of carbonyl (C=O) groups is 3. The molecule has 0 radical (unpaired) electrons. The van der Waals surface area contributed by atoms with Gasteiger partial charge >= 0.3 is 0 Å². The lowest BCUT2D eigenvalue weighted by Crippen LogP contribution is -2.71. The van der Waals surface area contributed by atoms with Crippen LogP contribution in [0.5, 0.6) is 0 Å². The summed E-state index contributed by atoms with van der Waals surface area (Å²) in [4.78, 5) is 37.5. The standard InChI is InChI=1S/C16H26N2O4/c1-7-12(19)10-16(14(21)22)8-9-17(11-18(16,5)6)13(20)15(2,3)4/h8-9H,7,10-11H2,1-6H3. The lowest BCUT2D eigenvalue weighted by molar-refractivity contribution is -0.936. The van der Waals surface area contributed by atoms with Gasteiger partial charge in [0.25, 0.3) is 0 Å². The average molecular weight is 310 g/mol. The zero-order valence-corrected chi connectivity index (χ0v) is 14.3. The molecule has 6 heteroatoms. The van der Waals surface area contributed by atoms with Crippen molar-refractivity contribution in [2.45, 2.75) is 46.1 Å². The smallest absolute Gasteiger partial charge is 0.236 e. The van der Waals surface area contributed by atoms with Crippen molar-refractivity contribution in [3.05, 3.63) is 12.3 Å². The van der Waals surface area contributed by atoms with Crippen LogP contribution in [-0.2, 0) is 14.4 Å². The fourth-order valence-electron chi connectivity index (χ4n) is 2.62. The maximum absolute atomic E-state index is 12.4. The molecule has 0 spiro atoms. The van der Waals surface area contributed by atoms with Gasteiger partial charge in [-0.05, 0) is 6.08 Å².